The molecule has 130 valence electrons. The van der Waals surface area contributed by atoms with E-state index in [0.717, 1.165) is 37.9 Å². The normalized spacial score (nSPS) is 13.1. The Bertz CT molecular complexity index is 349. The average molecular weight is 312 g/mol. The van der Waals surface area contributed by atoms with E-state index in [1.165, 1.54) is 0 Å². The van der Waals surface area contributed by atoms with Crippen molar-refractivity contribution in [3.8, 4) is 0 Å². The topological polar surface area (TPSA) is 50.7 Å². The van der Waals surface area contributed by atoms with Gasteiger partial charge in [0, 0.05) is 18.4 Å². The molecule has 1 N–H and O–H groups in total. The van der Waals surface area contributed by atoms with Gasteiger partial charge >= 0.3 is 0 Å². The number of amides is 1. The van der Waals surface area contributed by atoms with E-state index in [1.807, 2.05) is 6.92 Å². The van der Waals surface area contributed by atoms with Crippen molar-refractivity contribution in [2.24, 2.45) is 16.0 Å². The molecule has 0 saturated heterocycles. The lowest BCUT2D eigenvalue weighted by molar-refractivity contribution is -0.121. The van der Waals surface area contributed by atoms with Gasteiger partial charge in [0.15, 0.2) is 0 Å². The molecule has 0 unspecified atom stereocenters. The summed E-state index contributed by atoms with van der Waals surface area (Å²) in [5.74, 6) is 0.159. The van der Waals surface area contributed by atoms with Crippen LogP contribution in [0, 0.1) is 10.8 Å². The van der Waals surface area contributed by atoms with Crippen LogP contribution in [0.1, 0.15) is 80.6 Å². The summed E-state index contributed by atoms with van der Waals surface area (Å²) in [4.78, 5) is 17.0. The molecule has 0 aromatic rings. The summed E-state index contributed by atoms with van der Waals surface area (Å²) in [6, 6.07) is 0. The minimum atomic E-state index is 0.0607. The quantitative estimate of drug-likeness (QED) is 0.386. The van der Waals surface area contributed by atoms with Gasteiger partial charge in [-0.1, -0.05) is 46.7 Å². The molecule has 0 atom stereocenters. The number of hydrogen-bond acceptors (Lipinski definition) is 3. The summed E-state index contributed by atoms with van der Waals surface area (Å²) in [7, 11) is 0. The monoisotopic (exact) mass is 312 g/mol. The molecule has 0 saturated carbocycles. The molecule has 0 aliphatic carbocycles. The second-order valence-electron chi connectivity index (χ2n) is 8.23. The Kier molecular flexibility index (Phi) is 9.38. The predicted molar refractivity (Wildman–Crippen MR) is 94.1 cm³/mol. The highest BCUT2D eigenvalue weighted by Crippen LogP contribution is 2.17. The molecule has 0 rings (SSSR count). The first-order valence-corrected chi connectivity index (χ1v) is 8.46. The molecule has 0 heterocycles. The van der Waals surface area contributed by atoms with Crippen molar-refractivity contribution in [2.75, 3.05) is 13.2 Å². The average Bonchev–Trinajstić information content (AvgIpc) is 2.34. The number of carbonyl (C=O) groups excluding carboxylic acids is 1. The Morgan fingerprint density at radius 1 is 1.05 bits per heavy atom. The highest BCUT2D eigenvalue weighted by Gasteiger charge is 2.14. The van der Waals surface area contributed by atoms with E-state index >= 15 is 0 Å². The maximum atomic E-state index is 11.7. The van der Waals surface area contributed by atoms with Gasteiger partial charge in [0.2, 0.25) is 5.91 Å². The number of nitrogens with one attached hydrogen (secondary N) is 1. The van der Waals surface area contributed by atoms with Gasteiger partial charge in [-0.05, 0) is 38.0 Å². The van der Waals surface area contributed by atoms with Crippen molar-refractivity contribution in [1.29, 1.82) is 0 Å². The van der Waals surface area contributed by atoms with Crippen molar-refractivity contribution < 1.29 is 9.63 Å². The Morgan fingerprint density at radius 2 is 1.68 bits per heavy atom. The van der Waals surface area contributed by atoms with Gasteiger partial charge in [0.1, 0.15) is 6.61 Å². The summed E-state index contributed by atoms with van der Waals surface area (Å²) in [6.07, 6.45) is 4.46. The third-order valence-electron chi connectivity index (χ3n) is 3.62. The summed E-state index contributed by atoms with van der Waals surface area (Å²) in [5, 5.41) is 7.11. The Morgan fingerprint density at radius 3 is 2.23 bits per heavy atom. The van der Waals surface area contributed by atoms with Crippen LogP contribution in [-0.4, -0.2) is 24.8 Å². The van der Waals surface area contributed by atoms with Gasteiger partial charge in [-0.3, -0.25) is 4.79 Å². The van der Waals surface area contributed by atoms with Gasteiger partial charge in [0.05, 0.1) is 5.71 Å². The number of oxime groups is 1. The lowest BCUT2D eigenvalue weighted by Crippen LogP contribution is -2.26. The molecular weight excluding hydrogens is 276 g/mol. The van der Waals surface area contributed by atoms with Gasteiger partial charge in [-0.25, -0.2) is 0 Å². The highest BCUT2D eigenvalue weighted by atomic mass is 16.6. The lowest BCUT2D eigenvalue weighted by atomic mass is 9.91. The van der Waals surface area contributed by atoms with Gasteiger partial charge in [0.25, 0.3) is 0 Å². The van der Waals surface area contributed by atoms with E-state index in [2.05, 4.69) is 52.0 Å². The summed E-state index contributed by atoms with van der Waals surface area (Å²) in [5.41, 5.74) is 1.34. The molecule has 22 heavy (non-hydrogen) atoms. The second-order valence-corrected chi connectivity index (χ2v) is 8.23. The molecular formula is C18H36N2O2. The lowest BCUT2D eigenvalue weighted by Gasteiger charge is -2.18. The smallest absolute Gasteiger partial charge is 0.219 e. The van der Waals surface area contributed by atoms with E-state index in [4.69, 9.17) is 4.84 Å². The summed E-state index contributed by atoms with van der Waals surface area (Å²) >= 11 is 0. The molecule has 0 aliphatic rings. The zero-order valence-electron chi connectivity index (χ0n) is 15.7. The number of carbonyl (C=O) groups is 1. The van der Waals surface area contributed by atoms with Crippen LogP contribution in [0.5, 0.6) is 0 Å². The third-order valence-corrected chi connectivity index (χ3v) is 3.62. The molecule has 0 spiro atoms. The third kappa shape index (κ3) is 12.7. The fourth-order valence-corrected chi connectivity index (χ4v) is 1.57. The van der Waals surface area contributed by atoms with Crippen molar-refractivity contribution in [3.05, 3.63) is 0 Å². The van der Waals surface area contributed by atoms with Crippen molar-refractivity contribution in [2.45, 2.75) is 80.6 Å². The summed E-state index contributed by atoms with van der Waals surface area (Å²) in [6.45, 7) is 16.3. The first-order chi connectivity index (χ1) is 10.0. The van der Waals surface area contributed by atoms with Crippen LogP contribution in [0.4, 0.5) is 0 Å². The summed E-state index contributed by atoms with van der Waals surface area (Å²) < 4.78 is 0. The fraction of sp³-hybridized carbons (Fsp3) is 0.889. The largest absolute Gasteiger partial charge is 0.396 e. The van der Waals surface area contributed by atoms with Crippen LogP contribution < -0.4 is 5.32 Å². The Balaban J connectivity index is 3.56. The van der Waals surface area contributed by atoms with Gasteiger partial charge in [-0.2, -0.15) is 0 Å². The molecule has 0 aromatic carbocycles. The molecule has 0 aromatic heterocycles. The molecule has 0 bridgehead atoms. The van der Waals surface area contributed by atoms with Crippen molar-refractivity contribution in [3.63, 3.8) is 0 Å². The number of nitrogens with zero attached hydrogens (tertiary/aromatic N) is 1. The number of hydrogen-bond donors (Lipinski definition) is 1. The molecule has 1 amide bonds. The van der Waals surface area contributed by atoms with Crippen LogP contribution in [0.15, 0.2) is 5.16 Å². The Hall–Kier alpha value is -1.06. The van der Waals surface area contributed by atoms with E-state index in [1.54, 1.807) is 0 Å². The molecule has 0 radical (unpaired) electrons. The fourth-order valence-electron chi connectivity index (χ4n) is 1.57. The van der Waals surface area contributed by atoms with E-state index < -0.39 is 0 Å². The number of rotatable bonds is 9. The van der Waals surface area contributed by atoms with E-state index in [0.29, 0.717) is 13.0 Å². The van der Waals surface area contributed by atoms with E-state index in [9.17, 15) is 4.79 Å². The minimum absolute atomic E-state index is 0.0607. The van der Waals surface area contributed by atoms with Gasteiger partial charge < -0.3 is 10.2 Å². The van der Waals surface area contributed by atoms with Crippen molar-refractivity contribution in [1.82, 2.24) is 5.32 Å². The second kappa shape index (κ2) is 9.86. The standard InChI is InChI=1S/C18H36N2O2/c1-15(18(5,6)7)20-22-14-10-8-9-11-16(21)19-13-12-17(2,3)4/h8-14H2,1-7H3,(H,19,21)/b20-15+. The van der Waals surface area contributed by atoms with Crippen LogP contribution in [0.2, 0.25) is 0 Å². The minimum Gasteiger partial charge on any atom is -0.396 e. The van der Waals surface area contributed by atoms with Crippen LogP contribution in [0.25, 0.3) is 0 Å². The zero-order valence-corrected chi connectivity index (χ0v) is 15.7. The first kappa shape index (κ1) is 20.9. The zero-order chi connectivity index (χ0) is 17.2. The molecule has 0 fully saturated rings. The molecule has 4 nitrogen and oxygen atoms in total. The first-order valence-electron chi connectivity index (χ1n) is 8.46. The predicted octanol–water partition coefficient (Wildman–Crippen LogP) is 4.54. The van der Waals surface area contributed by atoms with Crippen LogP contribution in [-0.2, 0) is 9.63 Å². The van der Waals surface area contributed by atoms with E-state index in [-0.39, 0.29) is 16.7 Å². The molecule has 4 heteroatoms. The van der Waals surface area contributed by atoms with Gasteiger partial charge in [-0.15, -0.1) is 0 Å². The van der Waals surface area contributed by atoms with Crippen LogP contribution >= 0.6 is 0 Å². The molecule has 0 aliphatic heterocycles. The highest BCUT2D eigenvalue weighted by molar-refractivity contribution is 5.86. The number of unbranched alkanes of at least 4 members (excludes halogenated alkanes) is 2. The SMILES string of the molecule is C/C(=N\OCCCCCC(=O)NCCC(C)(C)C)C(C)(C)C. The Labute approximate surface area is 137 Å². The maximum Gasteiger partial charge on any atom is 0.219 e. The van der Waals surface area contributed by atoms with Crippen LogP contribution in [0.3, 0.4) is 0 Å². The van der Waals surface area contributed by atoms with Crippen molar-refractivity contribution >= 4 is 11.6 Å². The maximum absolute atomic E-state index is 11.7.